The van der Waals surface area contributed by atoms with Gasteiger partial charge in [-0.3, -0.25) is 24.0 Å². The van der Waals surface area contributed by atoms with Crippen LogP contribution in [0.1, 0.15) is 60.3 Å². The van der Waals surface area contributed by atoms with Gasteiger partial charge in [-0.15, -0.1) is 0 Å². The number of Topliss-reactive ketones (excluding diaryl/α,β-unsaturated/α-hetero) is 2. The second-order valence-corrected chi connectivity index (χ2v) is 11.7. The molecule has 1 fully saturated rings. The van der Waals surface area contributed by atoms with Crippen molar-refractivity contribution in [3.63, 3.8) is 0 Å². The highest BCUT2D eigenvalue weighted by atomic mass is 16.5. The van der Waals surface area contributed by atoms with Crippen molar-refractivity contribution in [2.45, 2.75) is 52.0 Å². The predicted molar refractivity (Wildman–Crippen MR) is 149 cm³/mol. The van der Waals surface area contributed by atoms with Crippen molar-refractivity contribution in [3.05, 3.63) is 74.0 Å². The third-order valence-electron chi connectivity index (χ3n) is 9.10. The maximum absolute atomic E-state index is 14.0. The molecule has 2 aromatic rings. The fourth-order valence-corrected chi connectivity index (χ4v) is 6.87. The number of fused-ring (bicyclic) bond motifs is 7. The first-order valence-corrected chi connectivity index (χ1v) is 13.9. The fourth-order valence-electron chi connectivity index (χ4n) is 6.87. The lowest BCUT2D eigenvalue weighted by Gasteiger charge is -2.42. The average molecular weight is 574 g/mol. The van der Waals surface area contributed by atoms with E-state index in [9.17, 15) is 34.2 Å². The van der Waals surface area contributed by atoms with Crippen LogP contribution in [-0.2, 0) is 26.3 Å². The fraction of sp³-hybridized carbons (Fsp3) is 0.387. The highest BCUT2D eigenvalue weighted by Crippen LogP contribution is 2.57. The van der Waals surface area contributed by atoms with Crippen molar-refractivity contribution in [2.75, 3.05) is 19.6 Å². The number of nitrogens with one attached hydrogen (secondary N) is 1. The van der Waals surface area contributed by atoms with Crippen molar-refractivity contribution >= 4 is 23.3 Å². The van der Waals surface area contributed by atoms with Gasteiger partial charge in [0.2, 0.25) is 5.91 Å². The summed E-state index contributed by atoms with van der Waals surface area (Å²) in [6, 6.07) is 5.21. The Morgan fingerprint density at radius 2 is 1.83 bits per heavy atom. The van der Waals surface area contributed by atoms with Crippen LogP contribution in [0.25, 0.3) is 0 Å². The molecule has 4 aliphatic rings. The van der Waals surface area contributed by atoms with E-state index in [2.05, 4.69) is 5.32 Å². The lowest BCUT2D eigenvalue weighted by molar-refractivity contribution is -0.133. The summed E-state index contributed by atoms with van der Waals surface area (Å²) in [6.07, 6.45) is 2.05. The standard InChI is InChI=1S/C31H31N3O8/c1-14-27(39)25(16(3)35)29-26(28(14)40)31(4)21(42-29)9-20(36)24(30(31)41)15(2)32-10-23(38)33-11-17-8-18(13-33)19-6-5-7-22(37)34(19)12-17/h5-7,9,17-18,32,39-40H,8,10-13H2,1-4H3. The highest BCUT2D eigenvalue weighted by molar-refractivity contribution is 6.31. The van der Waals surface area contributed by atoms with Crippen LogP contribution in [0.4, 0.5) is 0 Å². The van der Waals surface area contributed by atoms with Crippen molar-refractivity contribution in [1.29, 1.82) is 0 Å². The Morgan fingerprint density at radius 1 is 1.10 bits per heavy atom. The molecule has 0 spiro atoms. The van der Waals surface area contributed by atoms with Crippen LogP contribution in [0.3, 0.4) is 0 Å². The Balaban J connectivity index is 1.26. The molecule has 3 unspecified atom stereocenters. The summed E-state index contributed by atoms with van der Waals surface area (Å²) in [5.74, 6) is -2.88. The lowest BCUT2D eigenvalue weighted by Crippen LogP contribution is -2.51. The Labute approximate surface area is 241 Å². The summed E-state index contributed by atoms with van der Waals surface area (Å²) >= 11 is 0. The van der Waals surface area contributed by atoms with Crippen molar-refractivity contribution in [1.82, 2.24) is 14.8 Å². The number of likely N-dealkylation sites (tertiary alicyclic amines) is 1. The van der Waals surface area contributed by atoms with Gasteiger partial charge in [0, 0.05) is 54.6 Å². The number of ether oxygens (including phenoxy) is 1. The van der Waals surface area contributed by atoms with Gasteiger partial charge in [-0.2, -0.15) is 0 Å². The number of amides is 1. The number of piperidine rings is 1. The molecule has 3 aliphatic heterocycles. The average Bonchev–Trinajstić information content (AvgIpc) is 3.23. The van der Waals surface area contributed by atoms with Gasteiger partial charge in [-0.25, -0.2) is 0 Å². The summed E-state index contributed by atoms with van der Waals surface area (Å²) < 4.78 is 7.58. The van der Waals surface area contributed by atoms with E-state index in [-0.39, 0.29) is 69.3 Å². The maximum Gasteiger partial charge on any atom is 0.250 e. The van der Waals surface area contributed by atoms with E-state index in [0.29, 0.717) is 19.6 Å². The maximum atomic E-state index is 14.0. The van der Waals surface area contributed by atoms with Gasteiger partial charge in [0.15, 0.2) is 17.3 Å². The number of ketones is 3. The first-order chi connectivity index (χ1) is 19.8. The van der Waals surface area contributed by atoms with E-state index in [4.69, 9.17) is 4.74 Å². The smallest absolute Gasteiger partial charge is 0.250 e. The molecule has 218 valence electrons. The molecule has 3 N–H and O–H groups in total. The molecule has 3 atom stereocenters. The second-order valence-electron chi connectivity index (χ2n) is 11.7. The topological polar surface area (TPSA) is 155 Å². The van der Waals surface area contributed by atoms with Crippen molar-refractivity contribution in [2.24, 2.45) is 5.92 Å². The number of phenols is 2. The molecule has 1 aromatic heterocycles. The number of phenolic OH excluding ortho intramolecular Hbond substituents is 2. The minimum absolute atomic E-state index is 0.00683. The van der Waals surface area contributed by atoms with Crippen LogP contribution in [0.5, 0.6) is 17.2 Å². The first kappa shape index (κ1) is 27.5. The van der Waals surface area contributed by atoms with Crippen LogP contribution in [0, 0.1) is 12.8 Å². The zero-order valence-electron chi connectivity index (χ0n) is 23.7. The number of hydrogen-bond acceptors (Lipinski definition) is 9. The highest BCUT2D eigenvalue weighted by Gasteiger charge is 2.56. The monoisotopic (exact) mass is 573 g/mol. The minimum atomic E-state index is -1.63. The summed E-state index contributed by atoms with van der Waals surface area (Å²) in [5, 5.41) is 24.4. The normalized spacial score (nSPS) is 25.1. The van der Waals surface area contributed by atoms with Crippen LogP contribution >= 0.6 is 0 Å². The Kier molecular flexibility index (Phi) is 6.18. The number of carbonyl (C=O) groups excluding carboxylic acids is 4. The van der Waals surface area contributed by atoms with Gasteiger partial charge in [-0.1, -0.05) is 6.07 Å². The molecule has 4 heterocycles. The van der Waals surface area contributed by atoms with Gasteiger partial charge < -0.3 is 29.7 Å². The second kappa shape index (κ2) is 9.43. The predicted octanol–water partition coefficient (Wildman–Crippen LogP) is 1.97. The number of hydrogen-bond donors (Lipinski definition) is 3. The quantitative estimate of drug-likeness (QED) is 0.283. The number of aromatic hydroxyl groups is 2. The third kappa shape index (κ3) is 3.83. The Hall–Kier alpha value is -4.67. The molecule has 2 bridgehead atoms. The van der Waals surface area contributed by atoms with Gasteiger partial charge in [0.1, 0.15) is 34.0 Å². The van der Waals surface area contributed by atoms with Crippen molar-refractivity contribution in [3.8, 4) is 17.2 Å². The number of aromatic nitrogens is 1. The van der Waals surface area contributed by atoms with Crippen LogP contribution in [0.15, 0.2) is 46.1 Å². The van der Waals surface area contributed by atoms with E-state index in [0.717, 1.165) is 18.2 Å². The molecule has 1 aliphatic carbocycles. The summed E-state index contributed by atoms with van der Waals surface area (Å²) in [4.78, 5) is 66.8. The molecule has 11 nitrogen and oxygen atoms in total. The van der Waals surface area contributed by atoms with E-state index in [1.165, 1.54) is 27.7 Å². The molecule has 1 amide bonds. The molecule has 1 aromatic carbocycles. The lowest BCUT2D eigenvalue weighted by atomic mass is 9.70. The molecule has 0 radical (unpaired) electrons. The first-order valence-electron chi connectivity index (χ1n) is 13.9. The number of allylic oxidation sites excluding steroid dienone is 4. The van der Waals surface area contributed by atoms with E-state index in [1.807, 2.05) is 6.07 Å². The molecule has 11 heteroatoms. The van der Waals surface area contributed by atoms with Gasteiger partial charge >= 0.3 is 0 Å². The number of benzene rings is 1. The van der Waals surface area contributed by atoms with Gasteiger partial charge in [0.05, 0.1) is 17.7 Å². The Morgan fingerprint density at radius 3 is 2.55 bits per heavy atom. The largest absolute Gasteiger partial charge is 0.507 e. The molecule has 1 saturated heterocycles. The summed E-state index contributed by atoms with van der Waals surface area (Å²) in [5.41, 5.74) is -0.896. The zero-order valence-corrected chi connectivity index (χ0v) is 23.7. The number of carbonyl (C=O) groups is 4. The van der Waals surface area contributed by atoms with Crippen LogP contribution in [-0.4, -0.2) is 62.6 Å². The van der Waals surface area contributed by atoms with Crippen LogP contribution < -0.4 is 15.6 Å². The molecule has 0 saturated carbocycles. The van der Waals surface area contributed by atoms with Crippen LogP contribution in [0.2, 0.25) is 0 Å². The van der Waals surface area contributed by atoms with E-state index >= 15 is 0 Å². The minimum Gasteiger partial charge on any atom is -0.507 e. The SMILES string of the molecule is CC(=O)c1c(O)c(C)c(O)c2c1OC1=CC(=O)C(=C(C)NCC(=O)N3CC4CC(C3)c3cccc(=O)n3C4)C(=O)C12C. The van der Waals surface area contributed by atoms with E-state index in [1.54, 1.807) is 21.6 Å². The molecule has 6 rings (SSSR count). The van der Waals surface area contributed by atoms with Crippen molar-refractivity contribution < 1.29 is 34.1 Å². The van der Waals surface area contributed by atoms with E-state index < -0.39 is 34.3 Å². The molecular weight excluding hydrogens is 542 g/mol. The third-order valence-corrected chi connectivity index (χ3v) is 9.10. The molecule has 42 heavy (non-hydrogen) atoms. The van der Waals surface area contributed by atoms with Gasteiger partial charge in [-0.05, 0) is 46.1 Å². The number of nitrogens with zero attached hydrogens (tertiary/aromatic N) is 2. The van der Waals surface area contributed by atoms with Gasteiger partial charge in [0.25, 0.3) is 5.56 Å². The summed E-state index contributed by atoms with van der Waals surface area (Å²) in [7, 11) is 0. The summed E-state index contributed by atoms with van der Waals surface area (Å²) in [6.45, 7) is 7.06. The number of pyridine rings is 1. The zero-order chi connectivity index (χ0) is 30.2. The Bertz CT molecular complexity index is 1750. The number of rotatable bonds is 4. The molecular formula is C31H31N3O8.